The summed E-state index contributed by atoms with van der Waals surface area (Å²) in [7, 11) is 3.14. The first kappa shape index (κ1) is 18.6. The number of hydrogen-bond donors (Lipinski definition) is 1. The molecule has 0 aromatic heterocycles. The fraction of sp³-hybridized carbons (Fsp3) is 0.350. The quantitative estimate of drug-likeness (QED) is 0.759. The van der Waals surface area contributed by atoms with Crippen LogP contribution in [0.3, 0.4) is 0 Å². The van der Waals surface area contributed by atoms with Gasteiger partial charge in [0.25, 0.3) is 5.91 Å². The summed E-state index contributed by atoms with van der Waals surface area (Å²) in [5.41, 5.74) is 1.27. The summed E-state index contributed by atoms with van der Waals surface area (Å²) in [6.07, 6.45) is 1.80. The van der Waals surface area contributed by atoms with Crippen molar-refractivity contribution < 1.29 is 19.0 Å². The molecule has 5 heteroatoms. The van der Waals surface area contributed by atoms with Crippen LogP contribution in [0, 0.1) is 0 Å². The number of rotatable bonds is 9. The Kier molecular flexibility index (Phi) is 7.14. The summed E-state index contributed by atoms with van der Waals surface area (Å²) in [5, 5.41) is 2.95. The van der Waals surface area contributed by atoms with Crippen LogP contribution in [0.5, 0.6) is 17.2 Å². The Morgan fingerprint density at radius 2 is 1.60 bits per heavy atom. The molecular formula is C20H25NO4. The Morgan fingerprint density at radius 3 is 2.20 bits per heavy atom. The number of carbonyl (C=O) groups is 1. The van der Waals surface area contributed by atoms with E-state index < -0.39 is 0 Å². The number of amides is 1. The lowest BCUT2D eigenvalue weighted by Crippen LogP contribution is -2.36. The van der Waals surface area contributed by atoms with Gasteiger partial charge in [-0.3, -0.25) is 4.79 Å². The second-order valence-electron chi connectivity index (χ2n) is 5.83. The Hall–Kier alpha value is -2.69. The van der Waals surface area contributed by atoms with Crippen molar-refractivity contribution >= 4 is 5.91 Å². The highest BCUT2D eigenvalue weighted by atomic mass is 16.5. The van der Waals surface area contributed by atoms with Crippen LogP contribution < -0.4 is 19.5 Å². The summed E-state index contributed by atoms with van der Waals surface area (Å²) in [6.45, 7) is 1.95. The van der Waals surface area contributed by atoms with Crippen molar-refractivity contribution in [3.8, 4) is 17.2 Å². The predicted octanol–water partition coefficient (Wildman–Crippen LogP) is 3.22. The number of carbonyl (C=O) groups excluding carboxylic acids is 1. The minimum atomic E-state index is -0.151. The number of aryl methyl sites for hydroxylation is 1. The van der Waals surface area contributed by atoms with Crippen LogP contribution in [0.15, 0.2) is 48.5 Å². The third-order valence-corrected chi connectivity index (χ3v) is 3.81. The fourth-order valence-electron chi connectivity index (χ4n) is 2.43. The highest BCUT2D eigenvalue weighted by Crippen LogP contribution is 2.27. The largest absolute Gasteiger partial charge is 0.496 e. The zero-order chi connectivity index (χ0) is 18.1. The molecule has 0 aliphatic carbocycles. The van der Waals surface area contributed by atoms with E-state index in [0.29, 0.717) is 17.2 Å². The molecule has 5 nitrogen and oxygen atoms in total. The SMILES string of the molecule is COc1cc(OC)cc(OCC(=O)NC(C)CCc2ccccc2)c1. The van der Waals surface area contributed by atoms with Crippen molar-refractivity contribution in [3.05, 3.63) is 54.1 Å². The maximum atomic E-state index is 12.0. The maximum absolute atomic E-state index is 12.0. The molecule has 2 aromatic rings. The molecule has 1 N–H and O–H groups in total. The lowest BCUT2D eigenvalue weighted by molar-refractivity contribution is -0.123. The van der Waals surface area contributed by atoms with E-state index in [9.17, 15) is 4.79 Å². The van der Waals surface area contributed by atoms with Gasteiger partial charge in [-0.2, -0.15) is 0 Å². The van der Waals surface area contributed by atoms with E-state index in [4.69, 9.17) is 14.2 Å². The van der Waals surface area contributed by atoms with Gasteiger partial charge >= 0.3 is 0 Å². The van der Waals surface area contributed by atoms with Gasteiger partial charge in [0.05, 0.1) is 14.2 Å². The first-order valence-electron chi connectivity index (χ1n) is 8.30. The molecule has 0 bridgehead atoms. The first-order chi connectivity index (χ1) is 12.1. The molecule has 25 heavy (non-hydrogen) atoms. The van der Waals surface area contributed by atoms with Crippen molar-refractivity contribution in [2.24, 2.45) is 0 Å². The molecular weight excluding hydrogens is 318 g/mol. The standard InChI is InChI=1S/C20H25NO4/c1-15(9-10-16-7-5-4-6-8-16)21-20(22)14-25-19-12-17(23-2)11-18(13-19)24-3/h4-8,11-13,15H,9-10,14H2,1-3H3,(H,21,22). The van der Waals surface area contributed by atoms with E-state index in [1.54, 1.807) is 32.4 Å². The third-order valence-electron chi connectivity index (χ3n) is 3.81. The summed E-state index contributed by atoms with van der Waals surface area (Å²) in [4.78, 5) is 12.0. The summed E-state index contributed by atoms with van der Waals surface area (Å²) in [5.74, 6) is 1.61. The van der Waals surface area contributed by atoms with Crippen LogP contribution in [0.4, 0.5) is 0 Å². The predicted molar refractivity (Wildman–Crippen MR) is 97.4 cm³/mol. The zero-order valence-electron chi connectivity index (χ0n) is 15.0. The van der Waals surface area contributed by atoms with Gasteiger partial charge in [-0.15, -0.1) is 0 Å². The number of methoxy groups -OCH3 is 2. The van der Waals surface area contributed by atoms with Crippen LogP contribution in [0.25, 0.3) is 0 Å². The molecule has 2 rings (SSSR count). The van der Waals surface area contributed by atoms with Gasteiger partial charge in [-0.05, 0) is 25.3 Å². The molecule has 1 atom stereocenters. The van der Waals surface area contributed by atoms with Crippen molar-refractivity contribution in [2.75, 3.05) is 20.8 Å². The first-order valence-corrected chi connectivity index (χ1v) is 8.30. The molecule has 0 radical (unpaired) electrons. The Morgan fingerprint density at radius 1 is 1.00 bits per heavy atom. The third kappa shape index (κ3) is 6.37. The lowest BCUT2D eigenvalue weighted by Gasteiger charge is -2.15. The van der Waals surface area contributed by atoms with Crippen LogP contribution in [-0.2, 0) is 11.2 Å². The number of hydrogen-bond acceptors (Lipinski definition) is 4. The van der Waals surface area contributed by atoms with Crippen molar-refractivity contribution in [2.45, 2.75) is 25.8 Å². The highest BCUT2D eigenvalue weighted by molar-refractivity contribution is 5.77. The monoisotopic (exact) mass is 343 g/mol. The summed E-state index contributed by atoms with van der Waals surface area (Å²) >= 11 is 0. The van der Waals surface area contributed by atoms with Gasteiger partial charge in [0.2, 0.25) is 0 Å². The van der Waals surface area contributed by atoms with Crippen molar-refractivity contribution in [3.63, 3.8) is 0 Å². The van der Waals surface area contributed by atoms with E-state index in [1.807, 2.05) is 25.1 Å². The Balaban J connectivity index is 1.78. The minimum Gasteiger partial charge on any atom is -0.496 e. The number of ether oxygens (including phenoxy) is 3. The number of nitrogens with one attached hydrogen (secondary N) is 1. The molecule has 1 amide bonds. The second-order valence-corrected chi connectivity index (χ2v) is 5.83. The maximum Gasteiger partial charge on any atom is 0.258 e. The van der Waals surface area contributed by atoms with E-state index in [2.05, 4.69) is 17.4 Å². The Labute approximate surface area is 148 Å². The molecule has 0 aliphatic rings. The second kappa shape index (κ2) is 9.57. The molecule has 0 spiro atoms. The average molecular weight is 343 g/mol. The van der Waals surface area contributed by atoms with Crippen LogP contribution in [0.2, 0.25) is 0 Å². The molecule has 1 unspecified atom stereocenters. The van der Waals surface area contributed by atoms with E-state index in [1.165, 1.54) is 5.56 Å². The van der Waals surface area contributed by atoms with Gasteiger partial charge < -0.3 is 19.5 Å². The van der Waals surface area contributed by atoms with E-state index in [-0.39, 0.29) is 18.6 Å². The summed E-state index contributed by atoms with van der Waals surface area (Å²) in [6, 6.07) is 15.5. The molecule has 134 valence electrons. The topological polar surface area (TPSA) is 56.8 Å². The Bertz CT molecular complexity index is 650. The molecule has 0 saturated carbocycles. The highest BCUT2D eigenvalue weighted by Gasteiger charge is 2.10. The van der Waals surface area contributed by atoms with Crippen LogP contribution in [0.1, 0.15) is 18.9 Å². The number of benzene rings is 2. The summed E-state index contributed by atoms with van der Waals surface area (Å²) < 4.78 is 15.9. The lowest BCUT2D eigenvalue weighted by atomic mass is 10.1. The smallest absolute Gasteiger partial charge is 0.258 e. The van der Waals surface area contributed by atoms with Gasteiger partial charge in [-0.25, -0.2) is 0 Å². The average Bonchev–Trinajstić information content (AvgIpc) is 2.65. The van der Waals surface area contributed by atoms with Gasteiger partial charge in [0.15, 0.2) is 6.61 Å². The molecule has 0 heterocycles. The normalized spacial score (nSPS) is 11.5. The van der Waals surface area contributed by atoms with Gasteiger partial charge in [0.1, 0.15) is 17.2 Å². The van der Waals surface area contributed by atoms with Crippen LogP contribution >= 0.6 is 0 Å². The molecule has 2 aromatic carbocycles. The van der Waals surface area contributed by atoms with E-state index in [0.717, 1.165) is 12.8 Å². The van der Waals surface area contributed by atoms with Crippen LogP contribution in [-0.4, -0.2) is 32.8 Å². The molecule has 0 aliphatic heterocycles. The minimum absolute atomic E-state index is 0.0496. The van der Waals surface area contributed by atoms with Gasteiger partial charge in [0, 0.05) is 24.2 Å². The van der Waals surface area contributed by atoms with E-state index >= 15 is 0 Å². The zero-order valence-corrected chi connectivity index (χ0v) is 15.0. The van der Waals surface area contributed by atoms with Gasteiger partial charge in [-0.1, -0.05) is 30.3 Å². The van der Waals surface area contributed by atoms with Crippen molar-refractivity contribution in [1.82, 2.24) is 5.32 Å². The van der Waals surface area contributed by atoms with Crippen molar-refractivity contribution in [1.29, 1.82) is 0 Å². The fourth-order valence-corrected chi connectivity index (χ4v) is 2.43. The molecule has 0 saturated heterocycles. The molecule has 0 fully saturated rings.